The van der Waals surface area contributed by atoms with E-state index >= 15 is 0 Å². The van der Waals surface area contributed by atoms with Gasteiger partial charge in [0, 0.05) is 6.42 Å². The van der Waals surface area contributed by atoms with Crippen LogP contribution in [0.25, 0.3) is 4.85 Å². The lowest BCUT2D eigenvalue weighted by Gasteiger charge is -2.27. The van der Waals surface area contributed by atoms with Crippen molar-refractivity contribution in [2.24, 2.45) is 5.92 Å². The van der Waals surface area contributed by atoms with Gasteiger partial charge in [0.25, 0.3) is 0 Å². The molecule has 0 spiro atoms. The van der Waals surface area contributed by atoms with Gasteiger partial charge in [-0.3, -0.25) is 0 Å². The standard InChI is InChI=1S/C9H16N2/c1-10-6-3-9-4-7-11(2)8-5-9/h9H,3-8H2,2H3. The molecule has 1 fully saturated rings. The first-order valence-corrected chi connectivity index (χ1v) is 4.34. The molecule has 1 heterocycles. The first kappa shape index (κ1) is 8.55. The molecule has 0 N–H and O–H groups in total. The number of hydrogen-bond donors (Lipinski definition) is 0. The number of rotatable bonds is 2. The Morgan fingerprint density at radius 3 is 2.64 bits per heavy atom. The average Bonchev–Trinajstić information content (AvgIpc) is 2.04. The van der Waals surface area contributed by atoms with Gasteiger partial charge in [-0.1, -0.05) is 0 Å². The molecule has 1 aliphatic heterocycles. The lowest BCUT2D eigenvalue weighted by Crippen LogP contribution is -2.30. The minimum atomic E-state index is 0.731. The molecule has 0 aromatic carbocycles. The Bertz CT molecular complexity index is 140. The summed E-state index contributed by atoms with van der Waals surface area (Å²) in [6.07, 6.45) is 3.72. The van der Waals surface area contributed by atoms with E-state index in [1.807, 2.05) is 0 Å². The molecule has 0 amide bonds. The quantitative estimate of drug-likeness (QED) is 0.546. The second-order valence-corrected chi connectivity index (χ2v) is 3.42. The Balaban J connectivity index is 2.13. The minimum Gasteiger partial charge on any atom is -0.317 e. The van der Waals surface area contributed by atoms with Crippen molar-refractivity contribution in [3.63, 3.8) is 0 Å². The van der Waals surface area contributed by atoms with Gasteiger partial charge in [-0.25, -0.2) is 6.57 Å². The van der Waals surface area contributed by atoms with Crippen molar-refractivity contribution in [1.29, 1.82) is 0 Å². The molecular weight excluding hydrogens is 136 g/mol. The fraction of sp³-hybridized carbons (Fsp3) is 0.889. The molecular formula is C9H16N2. The third kappa shape index (κ3) is 2.90. The van der Waals surface area contributed by atoms with Gasteiger partial charge in [-0.05, 0) is 38.9 Å². The molecule has 0 radical (unpaired) electrons. The monoisotopic (exact) mass is 152 g/mol. The number of hydrogen-bond acceptors (Lipinski definition) is 1. The first-order valence-electron chi connectivity index (χ1n) is 4.34. The molecule has 0 aromatic rings. The van der Waals surface area contributed by atoms with Gasteiger partial charge >= 0.3 is 0 Å². The van der Waals surface area contributed by atoms with Crippen LogP contribution in [0.15, 0.2) is 0 Å². The average molecular weight is 152 g/mol. The summed E-state index contributed by atoms with van der Waals surface area (Å²) in [5.74, 6) is 0.834. The van der Waals surface area contributed by atoms with E-state index in [9.17, 15) is 0 Å². The second-order valence-electron chi connectivity index (χ2n) is 3.42. The highest BCUT2D eigenvalue weighted by molar-refractivity contribution is 4.73. The first-order chi connectivity index (χ1) is 5.33. The molecule has 0 unspecified atom stereocenters. The summed E-state index contributed by atoms with van der Waals surface area (Å²) in [6.45, 7) is 9.86. The summed E-state index contributed by atoms with van der Waals surface area (Å²) in [6, 6.07) is 0. The van der Waals surface area contributed by atoms with Gasteiger partial charge in [0.1, 0.15) is 0 Å². The zero-order valence-electron chi connectivity index (χ0n) is 7.21. The van der Waals surface area contributed by atoms with Crippen molar-refractivity contribution in [2.75, 3.05) is 26.7 Å². The van der Waals surface area contributed by atoms with Crippen LogP contribution in [-0.4, -0.2) is 31.6 Å². The summed E-state index contributed by atoms with van der Waals surface area (Å²) in [5, 5.41) is 0. The molecule has 0 saturated carbocycles. The third-order valence-corrected chi connectivity index (χ3v) is 2.49. The highest BCUT2D eigenvalue weighted by Crippen LogP contribution is 2.18. The molecule has 62 valence electrons. The summed E-state index contributed by atoms with van der Waals surface area (Å²) in [4.78, 5) is 5.75. The highest BCUT2D eigenvalue weighted by atomic mass is 15.1. The highest BCUT2D eigenvalue weighted by Gasteiger charge is 2.16. The van der Waals surface area contributed by atoms with Crippen molar-refractivity contribution in [3.8, 4) is 0 Å². The maximum absolute atomic E-state index is 6.68. The Kier molecular flexibility index (Phi) is 3.38. The summed E-state index contributed by atoms with van der Waals surface area (Å²) >= 11 is 0. The molecule has 1 saturated heterocycles. The van der Waals surface area contributed by atoms with Gasteiger partial charge in [0.2, 0.25) is 6.54 Å². The summed E-state index contributed by atoms with van der Waals surface area (Å²) in [5.41, 5.74) is 0. The fourth-order valence-corrected chi connectivity index (χ4v) is 1.60. The normalized spacial score (nSPS) is 21.5. The summed E-state index contributed by atoms with van der Waals surface area (Å²) in [7, 11) is 2.17. The van der Waals surface area contributed by atoms with Crippen LogP contribution in [0.5, 0.6) is 0 Å². The SMILES string of the molecule is [C-]#[N+]CCC1CCN(C)CC1. The summed E-state index contributed by atoms with van der Waals surface area (Å²) < 4.78 is 0. The molecule has 0 atom stereocenters. The van der Waals surface area contributed by atoms with Crippen molar-refractivity contribution < 1.29 is 0 Å². The van der Waals surface area contributed by atoms with Crippen LogP contribution in [0.4, 0.5) is 0 Å². The van der Waals surface area contributed by atoms with Gasteiger partial charge in [0.05, 0.1) is 0 Å². The van der Waals surface area contributed by atoms with Crippen LogP contribution < -0.4 is 0 Å². The minimum absolute atomic E-state index is 0.731. The second kappa shape index (κ2) is 4.35. The van der Waals surface area contributed by atoms with Crippen molar-refractivity contribution in [3.05, 3.63) is 11.4 Å². The maximum Gasteiger partial charge on any atom is 0.214 e. The number of nitrogens with zero attached hydrogens (tertiary/aromatic N) is 2. The van der Waals surface area contributed by atoms with E-state index in [-0.39, 0.29) is 0 Å². The topological polar surface area (TPSA) is 7.60 Å². The van der Waals surface area contributed by atoms with Crippen molar-refractivity contribution >= 4 is 0 Å². The van der Waals surface area contributed by atoms with Crippen LogP contribution in [-0.2, 0) is 0 Å². The van der Waals surface area contributed by atoms with Gasteiger partial charge in [-0.15, -0.1) is 0 Å². The molecule has 2 nitrogen and oxygen atoms in total. The molecule has 2 heteroatoms. The van der Waals surface area contributed by atoms with E-state index in [1.165, 1.54) is 25.9 Å². The molecule has 0 aromatic heterocycles. The van der Waals surface area contributed by atoms with E-state index < -0.39 is 0 Å². The van der Waals surface area contributed by atoms with E-state index in [1.54, 1.807) is 0 Å². The largest absolute Gasteiger partial charge is 0.317 e. The van der Waals surface area contributed by atoms with Crippen molar-refractivity contribution in [1.82, 2.24) is 4.90 Å². The zero-order valence-corrected chi connectivity index (χ0v) is 7.21. The van der Waals surface area contributed by atoms with Gasteiger partial charge < -0.3 is 9.74 Å². The zero-order chi connectivity index (χ0) is 8.10. The van der Waals surface area contributed by atoms with Crippen LogP contribution in [0, 0.1) is 12.5 Å². The smallest absolute Gasteiger partial charge is 0.214 e. The third-order valence-electron chi connectivity index (χ3n) is 2.49. The van der Waals surface area contributed by atoms with E-state index in [2.05, 4.69) is 16.8 Å². The lowest BCUT2D eigenvalue weighted by molar-refractivity contribution is 0.215. The Morgan fingerprint density at radius 1 is 1.45 bits per heavy atom. The van der Waals surface area contributed by atoms with Crippen LogP contribution in [0.2, 0.25) is 0 Å². The van der Waals surface area contributed by atoms with Crippen LogP contribution >= 0.6 is 0 Å². The molecule has 0 bridgehead atoms. The predicted molar refractivity (Wildman–Crippen MR) is 46.3 cm³/mol. The van der Waals surface area contributed by atoms with Gasteiger partial charge in [0.15, 0.2) is 0 Å². The van der Waals surface area contributed by atoms with E-state index in [0.717, 1.165) is 18.9 Å². The maximum atomic E-state index is 6.68. The Hall–Kier alpha value is -0.550. The van der Waals surface area contributed by atoms with Crippen LogP contribution in [0.1, 0.15) is 19.3 Å². The van der Waals surface area contributed by atoms with Crippen LogP contribution in [0.3, 0.4) is 0 Å². The molecule has 1 aliphatic rings. The molecule has 0 aliphatic carbocycles. The number of piperidine rings is 1. The fourth-order valence-electron chi connectivity index (χ4n) is 1.60. The van der Waals surface area contributed by atoms with Crippen molar-refractivity contribution in [2.45, 2.75) is 19.3 Å². The van der Waals surface area contributed by atoms with Gasteiger partial charge in [-0.2, -0.15) is 0 Å². The Morgan fingerprint density at radius 2 is 2.09 bits per heavy atom. The Labute approximate surface area is 69.0 Å². The predicted octanol–water partition coefficient (Wildman–Crippen LogP) is 1.64. The molecule has 1 rings (SSSR count). The van der Waals surface area contributed by atoms with E-state index in [4.69, 9.17) is 6.57 Å². The number of likely N-dealkylation sites (tertiary alicyclic amines) is 1. The molecule has 11 heavy (non-hydrogen) atoms. The lowest BCUT2D eigenvalue weighted by atomic mass is 9.94. The van der Waals surface area contributed by atoms with E-state index in [0.29, 0.717) is 0 Å².